The minimum Gasteiger partial charge on any atom is -0.497 e. The van der Waals surface area contributed by atoms with Crippen molar-refractivity contribution in [3.05, 3.63) is 102 Å². The number of benzene rings is 2. The van der Waals surface area contributed by atoms with Crippen molar-refractivity contribution in [2.45, 2.75) is 95.8 Å². The molecule has 4 atom stereocenters. The van der Waals surface area contributed by atoms with Crippen LogP contribution in [0.4, 0.5) is 0 Å². The summed E-state index contributed by atoms with van der Waals surface area (Å²) in [5, 5.41) is 8.36. The number of hydrogen-bond donors (Lipinski definition) is 8. The van der Waals surface area contributed by atoms with E-state index in [0.717, 1.165) is 35.1 Å². The van der Waals surface area contributed by atoms with Gasteiger partial charge in [-0.15, -0.1) is 6.58 Å². The van der Waals surface area contributed by atoms with Crippen molar-refractivity contribution in [3.8, 4) is 5.75 Å². The molecule has 0 fully saturated rings. The normalized spacial score (nSPS) is 13.3. The number of nitrogens with one attached hydrogen (secondary N) is 3. The van der Waals surface area contributed by atoms with Crippen molar-refractivity contribution < 1.29 is 28.7 Å². The van der Waals surface area contributed by atoms with Crippen LogP contribution in [0.15, 0.2) is 84.6 Å². The molecule has 1 unspecified atom stereocenters. The summed E-state index contributed by atoms with van der Waals surface area (Å²) in [4.78, 5) is 57.6. The predicted molar refractivity (Wildman–Crippen MR) is 225 cm³/mol. The second kappa shape index (κ2) is 27.0. The van der Waals surface area contributed by atoms with Gasteiger partial charge in [0.1, 0.15) is 37.1 Å². The number of allylic oxidation sites excluding steroid dienone is 2. The molecule has 0 aliphatic rings. The lowest BCUT2D eigenvalue weighted by Crippen LogP contribution is -2.58. The molecule has 13 N–H and O–H groups in total. The largest absolute Gasteiger partial charge is 0.497 e. The van der Waals surface area contributed by atoms with E-state index in [9.17, 15) is 19.2 Å². The SMILES string of the molecule is C=CCC/C=C/CO/C=C/COc1cc(C)c(C[C@H](NC(=O)[C@H](N)CCCN=C(N)N)C(=O)NC(CCCCN)C(=O)N[C@@H](Cc2ccccc2)C(N)=O)c(C)c1. The van der Waals surface area contributed by atoms with Crippen LogP contribution in [0.5, 0.6) is 5.75 Å². The molecule has 0 aliphatic carbocycles. The first-order chi connectivity index (χ1) is 27.4. The Morgan fingerprint density at radius 3 is 2.11 bits per heavy atom. The number of primary amides is 1. The standard InChI is InChI=1S/C42H63N9O6/c1-4-5-6-7-13-22-56-23-15-24-57-32-25-29(2)33(30(3)26-32)28-37(51-39(53)34(44)18-14-21-48-42(46)47)41(55)49-35(19-11-12-20-43)40(54)50-36(38(45)52)27-31-16-9-8-10-17-31/h4,7-10,13,15-17,23,25-26,34-37H,1,5-6,11-12,14,18-22,24,27-28,43-44H2,2-3H3,(H2,45,52)(H,49,55)(H,50,54)(H,51,53)(H4,46,47,48)/b13-7+,23-15+/t34-,35?,36+,37+/m1/s1. The quantitative estimate of drug-likeness (QED) is 0.0204. The molecule has 15 nitrogen and oxygen atoms in total. The first-order valence-electron chi connectivity index (χ1n) is 19.4. The van der Waals surface area contributed by atoms with Crippen LogP contribution >= 0.6 is 0 Å². The average molecular weight is 790 g/mol. The summed E-state index contributed by atoms with van der Waals surface area (Å²) in [7, 11) is 0. The van der Waals surface area contributed by atoms with Crippen LogP contribution in [0.25, 0.3) is 0 Å². The van der Waals surface area contributed by atoms with Crippen LogP contribution in [0.1, 0.15) is 67.2 Å². The Morgan fingerprint density at radius 1 is 0.789 bits per heavy atom. The van der Waals surface area contributed by atoms with Gasteiger partial charge in [-0.05, 0) is 106 Å². The molecule has 0 saturated heterocycles. The minimum atomic E-state index is -1.13. The highest BCUT2D eigenvalue weighted by atomic mass is 16.5. The first-order valence-corrected chi connectivity index (χ1v) is 19.4. The number of rotatable bonds is 28. The zero-order valence-electron chi connectivity index (χ0n) is 33.4. The van der Waals surface area contributed by atoms with Gasteiger partial charge in [0.2, 0.25) is 23.6 Å². The Kier molecular flexibility index (Phi) is 22.5. The van der Waals surface area contributed by atoms with Crippen LogP contribution in [0.3, 0.4) is 0 Å². The summed E-state index contributed by atoms with van der Waals surface area (Å²) in [6.07, 6.45) is 13.3. The summed E-state index contributed by atoms with van der Waals surface area (Å²) >= 11 is 0. The smallest absolute Gasteiger partial charge is 0.243 e. The fourth-order valence-corrected chi connectivity index (χ4v) is 5.84. The van der Waals surface area contributed by atoms with E-state index in [1.54, 1.807) is 12.3 Å². The summed E-state index contributed by atoms with van der Waals surface area (Å²) in [5.74, 6) is -1.92. The number of unbranched alkanes of at least 4 members (excludes halogenated alkanes) is 2. The summed E-state index contributed by atoms with van der Waals surface area (Å²) in [6, 6.07) is 8.66. The number of nitrogens with zero attached hydrogens (tertiary/aromatic N) is 1. The van der Waals surface area contributed by atoms with E-state index in [4.69, 9.17) is 38.1 Å². The van der Waals surface area contributed by atoms with E-state index in [0.29, 0.717) is 38.2 Å². The molecule has 2 rings (SSSR count). The summed E-state index contributed by atoms with van der Waals surface area (Å²) in [5.41, 5.74) is 31.7. The molecule has 57 heavy (non-hydrogen) atoms. The van der Waals surface area contributed by atoms with E-state index in [1.807, 2.05) is 74.5 Å². The lowest BCUT2D eigenvalue weighted by atomic mass is 9.94. The number of aryl methyl sites for hydroxylation is 2. The minimum absolute atomic E-state index is 0.0663. The van der Waals surface area contributed by atoms with Gasteiger partial charge in [-0.1, -0.05) is 48.6 Å². The molecule has 312 valence electrons. The van der Waals surface area contributed by atoms with E-state index >= 15 is 0 Å². The molecule has 2 aromatic carbocycles. The summed E-state index contributed by atoms with van der Waals surface area (Å²) in [6.45, 7) is 8.88. The number of carbonyl (C=O) groups is 4. The van der Waals surface area contributed by atoms with Crippen molar-refractivity contribution in [2.75, 3.05) is 26.3 Å². The van der Waals surface area contributed by atoms with E-state index < -0.39 is 47.8 Å². The molecular formula is C42H63N9O6. The number of amides is 4. The van der Waals surface area contributed by atoms with Crippen molar-refractivity contribution in [3.63, 3.8) is 0 Å². The third-order valence-electron chi connectivity index (χ3n) is 8.97. The van der Waals surface area contributed by atoms with Gasteiger partial charge in [0.05, 0.1) is 12.3 Å². The maximum Gasteiger partial charge on any atom is 0.243 e. The molecule has 2 aromatic rings. The third-order valence-corrected chi connectivity index (χ3v) is 8.97. The topological polar surface area (TPSA) is 265 Å². The molecular weight excluding hydrogens is 727 g/mol. The molecule has 0 heterocycles. The molecule has 15 heteroatoms. The fourth-order valence-electron chi connectivity index (χ4n) is 5.84. The zero-order chi connectivity index (χ0) is 42.0. The Labute approximate surface area is 336 Å². The van der Waals surface area contributed by atoms with Crippen LogP contribution in [-0.2, 0) is 36.8 Å². The lowest BCUT2D eigenvalue weighted by Gasteiger charge is -2.26. The van der Waals surface area contributed by atoms with Crippen LogP contribution < -0.4 is 49.4 Å². The highest BCUT2D eigenvalue weighted by Crippen LogP contribution is 2.24. The van der Waals surface area contributed by atoms with Crippen molar-refractivity contribution in [1.82, 2.24) is 16.0 Å². The van der Waals surface area contributed by atoms with Crippen LogP contribution in [0, 0.1) is 13.8 Å². The molecule has 0 radical (unpaired) electrons. The van der Waals surface area contributed by atoms with Gasteiger partial charge < -0.3 is 54.1 Å². The Morgan fingerprint density at radius 2 is 1.46 bits per heavy atom. The van der Waals surface area contributed by atoms with Crippen LogP contribution in [0.2, 0.25) is 0 Å². The number of aliphatic imine (C=N–C) groups is 1. The number of carbonyl (C=O) groups excluding carboxylic acids is 4. The predicted octanol–water partition coefficient (Wildman–Crippen LogP) is 1.97. The van der Waals surface area contributed by atoms with E-state index in [1.165, 1.54) is 0 Å². The Bertz CT molecular complexity index is 1640. The van der Waals surface area contributed by atoms with Crippen molar-refractivity contribution in [2.24, 2.45) is 33.7 Å². The molecule has 0 spiro atoms. The Hall–Kier alpha value is -5.67. The van der Waals surface area contributed by atoms with Gasteiger partial charge in [0.25, 0.3) is 0 Å². The Balaban J connectivity index is 2.28. The fraction of sp³-hybridized carbons (Fsp3) is 0.452. The van der Waals surface area contributed by atoms with E-state index in [2.05, 4.69) is 27.5 Å². The number of hydrogen-bond acceptors (Lipinski definition) is 9. The maximum absolute atomic E-state index is 14.1. The van der Waals surface area contributed by atoms with Gasteiger partial charge in [-0.3, -0.25) is 24.2 Å². The zero-order valence-corrected chi connectivity index (χ0v) is 33.4. The monoisotopic (exact) mass is 789 g/mol. The van der Waals surface area contributed by atoms with Gasteiger partial charge in [0, 0.05) is 19.4 Å². The van der Waals surface area contributed by atoms with Crippen LogP contribution in [-0.4, -0.2) is 80.1 Å². The van der Waals surface area contributed by atoms with Gasteiger partial charge >= 0.3 is 0 Å². The first kappa shape index (κ1) is 47.5. The molecule has 0 saturated carbocycles. The lowest BCUT2D eigenvalue weighted by molar-refractivity contribution is -0.133. The highest BCUT2D eigenvalue weighted by Gasteiger charge is 2.31. The maximum atomic E-state index is 14.1. The molecule has 4 amide bonds. The second-order valence-electron chi connectivity index (χ2n) is 13.7. The summed E-state index contributed by atoms with van der Waals surface area (Å²) < 4.78 is 11.4. The van der Waals surface area contributed by atoms with Gasteiger partial charge in [0.15, 0.2) is 5.96 Å². The van der Waals surface area contributed by atoms with E-state index in [-0.39, 0.29) is 44.8 Å². The number of guanidine groups is 1. The highest BCUT2D eigenvalue weighted by molar-refractivity contribution is 5.94. The molecule has 0 bridgehead atoms. The third kappa shape index (κ3) is 19.2. The number of ether oxygens (including phenoxy) is 2. The molecule has 0 aliphatic heterocycles. The molecule has 0 aromatic heterocycles. The van der Waals surface area contributed by atoms with Crippen molar-refractivity contribution >= 4 is 29.6 Å². The average Bonchev–Trinajstić information content (AvgIpc) is 3.17. The van der Waals surface area contributed by atoms with Crippen molar-refractivity contribution in [1.29, 1.82) is 0 Å². The van der Waals surface area contributed by atoms with Gasteiger partial charge in [-0.2, -0.15) is 0 Å². The second-order valence-corrected chi connectivity index (χ2v) is 13.7. The number of nitrogens with two attached hydrogens (primary N) is 5. The van der Waals surface area contributed by atoms with Gasteiger partial charge in [-0.25, -0.2) is 0 Å².